The molecule has 1 aliphatic rings. The van der Waals surface area contributed by atoms with Gasteiger partial charge in [-0.1, -0.05) is 35.3 Å². The van der Waals surface area contributed by atoms with Crippen LogP contribution in [0.5, 0.6) is 0 Å². The number of alkyl halides is 3. The third-order valence-electron chi connectivity index (χ3n) is 3.80. The summed E-state index contributed by atoms with van der Waals surface area (Å²) in [4.78, 5) is 11.3. The zero-order valence-corrected chi connectivity index (χ0v) is 13.5. The number of amides is 1. The number of nitrogens with zero attached hydrogens (tertiary/aromatic N) is 2. The second kappa shape index (κ2) is 5.86. The maximum absolute atomic E-state index is 13.4. The summed E-state index contributed by atoms with van der Waals surface area (Å²) < 4.78 is 41.0. The molecule has 2 heterocycles. The van der Waals surface area contributed by atoms with Crippen molar-refractivity contribution in [1.82, 2.24) is 9.78 Å². The molecule has 0 saturated carbocycles. The molecule has 2 atom stereocenters. The van der Waals surface area contributed by atoms with Gasteiger partial charge in [-0.15, -0.1) is 0 Å². The Hall–Kier alpha value is -1.93. The maximum atomic E-state index is 13.4. The number of hydrogen-bond acceptors (Lipinski definition) is 3. The molecule has 0 saturated heterocycles. The first-order valence-corrected chi connectivity index (χ1v) is 7.60. The van der Waals surface area contributed by atoms with Crippen LogP contribution >= 0.6 is 23.2 Å². The highest BCUT2D eigenvalue weighted by molar-refractivity contribution is 6.36. The normalized spacial score (nSPS) is 20.4. The van der Waals surface area contributed by atoms with E-state index in [0.29, 0.717) is 15.3 Å². The topological polar surface area (TPSA) is 72.9 Å². The summed E-state index contributed by atoms with van der Waals surface area (Å²) in [6.45, 7) is 0. The smallest absolute Gasteiger partial charge is 0.364 e. The average molecular weight is 379 g/mol. The van der Waals surface area contributed by atoms with Crippen molar-refractivity contribution in [2.75, 3.05) is 5.32 Å². The molecule has 0 unspecified atom stereocenters. The fraction of sp³-hybridized carbons (Fsp3) is 0.286. The third-order valence-corrected chi connectivity index (χ3v) is 4.41. The number of fused-ring (bicyclic) bond motifs is 1. The van der Waals surface area contributed by atoms with E-state index in [4.69, 9.17) is 28.9 Å². The number of halogens is 5. The van der Waals surface area contributed by atoms with E-state index in [1.165, 1.54) is 0 Å². The minimum atomic E-state index is -4.56. The van der Waals surface area contributed by atoms with Crippen molar-refractivity contribution in [1.29, 1.82) is 0 Å². The van der Waals surface area contributed by atoms with E-state index in [9.17, 15) is 18.0 Å². The van der Waals surface area contributed by atoms with Crippen molar-refractivity contribution in [2.24, 2.45) is 5.73 Å². The zero-order valence-electron chi connectivity index (χ0n) is 11.9. The van der Waals surface area contributed by atoms with Crippen molar-refractivity contribution in [3.05, 3.63) is 45.6 Å². The number of benzene rings is 1. The van der Waals surface area contributed by atoms with E-state index in [-0.39, 0.29) is 17.3 Å². The number of carbonyl (C=O) groups is 1. The van der Waals surface area contributed by atoms with Gasteiger partial charge < -0.3 is 11.1 Å². The average Bonchev–Trinajstić information content (AvgIpc) is 2.83. The fourth-order valence-corrected chi connectivity index (χ4v) is 3.06. The Morgan fingerprint density at radius 3 is 2.46 bits per heavy atom. The van der Waals surface area contributed by atoms with Crippen LogP contribution in [0.25, 0.3) is 0 Å². The van der Waals surface area contributed by atoms with Gasteiger partial charge in [0.2, 0.25) is 0 Å². The number of anilines is 1. The van der Waals surface area contributed by atoms with Gasteiger partial charge in [0.1, 0.15) is 10.8 Å². The number of primary amides is 1. The lowest BCUT2D eigenvalue weighted by atomic mass is 9.97. The molecule has 0 radical (unpaired) electrons. The Morgan fingerprint density at radius 2 is 1.92 bits per heavy atom. The number of rotatable bonds is 2. The first-order valence-electron chi connectivity index (χ1n) is 6.85. The van der Waals surface area contributed by atoms with Crippen LogP contribution in [0.15, 0.2) is 24.3 Å². The lowest BCUT2D eigenvalue weighted by Gasteiger charge is -2.33. The Labute approximate surface area is 144 Å². The quantitative estimate of drug-likeness (QED) is 0.830. The molecule has 0 aliphatic carbocycles. The van der Waals surface area contributed by atoms with Gasteiger partial charge in [0, 0.05) is 11.4 Å². The minimum Gasteiger partial charge on any atom is -0.364 e. The zero-order chi connectivity index (χ0) is 17.6. The van der Waals surface area contributed by atoms with Crippen LogP contribution in [-0.4, -0.2) is 21.9 Å². The van der Waals surface area contributed by atoms with Crippen molar-refractivity contribution >= 4 is 34.9 Å². The molecule has 0 bridgehead atoms. The first kappa shape index (κ1) is 16.9. The van der Waals surface area contributed by atoms with Gasteiger partial charge in [0.05, 0.1) is 6.04 Å². The molecule has 3 rings (SSSR count). The predicted molar refractivity (Wildman–Crippen MR) is 83.3 cm³/mol. The van der Waals surface area contributed by atoms with Crippen molar-refractivity contribution in [2.45, 2.75) is 24.7 Å². The highest BCUT2D eigenvalue weighted by Crippen LogP contribution is 2.46. The monoisotopic (exact) mass is 378 g/mol. The largest absolute Gasteiger partial charge is 0.410 e. The molecule has 3 N–H and O–H groups in total. The fourth-order valence-electron chi connectivity index (χ4n) is 2.66. The van der Waals surface area contributed by atoms with Crippen LogP contribution in [0.1, 0.15) is 34.6 Å². The first-order chi connectivity index (χ1) is 11.2. The molecule has 1 aromatic carbocycles. The van der Waals surface area contributed by atoms with Gasteiger partial charge in [0.15, 0.2) is 11.7 Å². The van der Waals surface area contributed by atoms with Crippen molar-refractivity contribution in [3.63, 3.8) is 0 Å². The van der Waals surface area contributed by atoms with Gasteiger partial charge >= 0.3 is 6.18 Å². The van der Waals surface area contributed by atoms with Crippen LogP contribution in [0, 0.1) is 0 Å². The van der Waals surface area contributed by atoms with Crippen LogP contribution in [0.2, 0.25) is 10.0 Å². The summed E-state index contributed by atoms with van der Waals surface area (Å²) >= 11 is 11.8. The molecule has 10 heteroatoms. The molecule has 24 heavy (non-hydrogen) atoms. The summed E-state index contributed by atoms with van der Waals surface area (Å²) in [7, 11) is 0. The number of hydrogen-bond donors (Lipinski definition) is 2. The lowest BCUT2D eigenvalue weighted by Crippen LogP contribution is -2.35. The van der Waals surface area contributed by atoms with Crippen molar-refractivity contribution in [3.8, 4) is 0 Å². The van der Waals surface area contributed by atoms with E-state index in [0.717, 1.165) is 0 Å². The van der Waals surface area contributed by atoms with E-state index in [1.54, 1.807) is 24.3 Å². The van der Waals surface area contributed by atoms with E-state index >= 15 is 0 Å². The summed E-state index contributed by atoms with van der Waals surface area (Å²) in [6, 6.07) is 3.83. The number of carbonyl (C=O) groups excluding carboxylic acids is 1. The second-order valence-corrected chi connectivity index (χ2v) is 6.18. The van der Waals surface area contributed by atoms with E-state index in [1.807, 2.05) is 0 Å². The summed E-state index contributed by atoms with van der Waals surface area (Å²) in [5.74, 6) is -1.08. The molecular formula is C14H11Cl2F3N4O. The molecule has 0 spiro atoms. The minimum absolute atomic E-state index is 0.0843. The molecule has 1 amide bonds. The summed E-state index contributed by atoms with van der Waals surface area (Å²) in [5, 5.41) is 6.79. The molecule has 5 nitrogen and oxygen atoms in total. The molecule has 2 aromatic rings. The lowest BCUT2D eigenvalue weighted by molar-refractivity contribution is -0.173. The van der Waals surface area contributed by atoms with Crippen LogP contribution in [-0.2, 0) is 0 Å². The number of nitrogens with two attached hydrogens (primary N) is 1. The Balaban J connectivity index is 2.08. The van der Waals surface area contributed by atoms with Gasteiger partial charge in [0.25, 0.3) is 5.91 Å². The summed E-state index contributed by atoms with van der Waals surface area (Å²) in [6.07, 6.45) is -4.87. The molecule has 128 valence electrons. The molecule has 1 aromatic heterocycles. The molecular weight excluding hydrogens is 368 g/mol. The van der Waals surface area contributed by atoms with Crippen LogP contribution in [0.4, 0.5) is 19.0 Å². The third kappa shape index (κ3) is 2.91. The maximum Gasteiger partial charge on any atom is 0.410 e. The van der Waals surface area contributed by atoms with Crippen molar-refractivity contribution < 1.29 is 18.0 Å². The number of nitrogens with one attached hydrogen (secondary N) is 1. The second-order valence-electron chi connectivity index (χ2n) is 5.36. The van der Waals surface area contributed by atoms with Gasteiger partial charge in [-0.05, 0) is 17.7 Å². The van der Waals surface area contributed by atoms with Gasteiger partial charge in [-0.2, -0.15) is 18.3 Å². The highest BCUT2D eigenvalue weighted by Gasteiger charge is 2.47. The standard InChI is InChI=1S/C14H11Cl2F3N4O/c15-7-3-1-6(2-4-7)8-5-9(14(17,18)19)23-13(21-8)10(16)11(22-23)12(20)24/h1-4,8-9,21H,5H2,(H2,20,24)/t8-,9+/m0/s1. The SMILES string of the molecule is NC(=O)c1nn2c(c1Cl)N[C@H](c1ccc(Cl)cc1)C[C@@H]2C(F)(F)F. The van der Waals surface area contributed by atoms with Gasteiger partial charge in [-0.3, -0.25) is 4.79 Å². The summed E-state index contributed by atoms with van der Waals surface area (Å²) in [5.41, 5.74) is 5.33. The molecule has 1 aliphatic heterocycles. The van der Waals surface area contributed by atoms with E-state index in [2.05, 4.69) is 10.4 Å². The Bertz CT molecular complexity index is 789. The molecule has 0 fully saturated rings. The van der Waals surface area contributed by atoms with E-state index < -0.39 is 29.9 Å². The van der Waals surface area contributed by atoms with Crippen LogP contribution in [0.3, 0.4) is 0 Å². The number of aromatic nitrogens is 2. The van der Waals surface area contributed by atoms with Gasteiger partial charge in [-0.25, -0.2) is 4.68 Å². The predicted octanol–water partition coefficient (Wildman–Crippen LogP) is 3.95. The van der Waals surface area contributed by atoms with Crippen LogP contribution < -0.4 is 11.1 Å². The Morgan fingerprint density at radius 1 is 1.29 bits per heavy atom. The Kier molecular flexibility index (Phi) is 4.13. The highest BCUT2D eigenvalue weighted by atomic mass is 35.5.